The maximum Gasteiger partial charge on any atom is 0.241 e. The molecule has 2 heterocycles. The fourth-order valence-corrected chi connectivity index (χ4v) is 5.73. The highest BCUT2D eigenvalue weighted by Gasteiger charge is 2.21. The molecule has 200 valence electrons. The Hall–Kier alpha value is -4.28. The van der Waals surface area contributed by atoms with E-state index in [0.29, 0.717) is 35.9 Å². The van der Waals surface area contributed by atoms with Crippen LogP contribution in [0.25, 0.3) is 0 Å². The number of carbonyl (C=O) groups excluding carboxylic acids is 1. The second-order valence-corrected chi connectivity index (χ2v) is 11.3. The Morgan fingerprint density at radius 2 is 1.64 bits per heavy atom. The Morgan fingerprint density at radius 1 is 0.897 bits per heavy atom. The first-order valence-corrected chi connectivity index (χ1v) is 14.1. The first-order valence-electron chi connectivity index (χ1n) is 12.6. The Balaban J connectivity index is 1.34. The number of sulfonamides is 1. The number of nitrogens with one attached hydrogen (secondary N) is 3. The van der Waals surface area contributed by atoms with Crippen molar-refractivity contribution in [2.24, 2.45) is 0 Å². The van der Waals surface area contributed by atoms with Crippen molar-refractivity contribution in [1.29, 1.82) is 0 Å². The summed E-state index contributed by atoms with van der Waals surface area (Å²) in [5.74, 6) is 1.07. The van der Waals surface area contributed by atoms with Crippen molar-refractivity contribution in [2.45, 2.75) is 38.1 Å². The van der Waals surface area contributed by atoms with Gasteiger partial charge in [0.2, 0.25) is 21.9 Å². The molecule has 0 aliphatic carbocycles. The minimum atomic E-state index is -3.74. The molecule has 3 aromatic carbocycles. The molecule has 0 fully saturated rings. The lowest BCUT2D eigenvalue weighted by Gasteiger charge is -2.26. The van der Waals surface area contributed by atoms with Crippen molar-refractivity contribution >= 4 is 44.8 Å². The number of carbonyl (C=O) groups is 1. The van der Waals surface area contributed by atoms with E-state index in [4.69, 9.17) is 0 Å². The van der Waals surface area contributed by atoms with Crippen LogP contribution in [0.1, 0.15) is 28.7 Å². The molecule has 10 heteroatoms. The standard InChI is InChI=1S/C29H30N6O3S/c1-19-9-11-24(16-26(19)39(37,38)31-18-21-7-5-4-6-8-21)33-29-30-17-20(2)28(34-29)32-23-12-13-25-22(15-23)10-14-27(36)35(25)3/h4-9,11-13,15-17,31H,10,14,18H2,1-3H3,(H2,30,32,33,34). The first kappa shape index (κ1) is 26.3. The van der Waals surface area contributed by atoms with Crippen LogP contribution in [-0.2, 0) is 27.8 Å². The Kier molecular flexibility index (Phi) is 7.32. The first-order chi connectivity index (χ1) is 18.7. The molecule has 0 atom stereocenters. The molecule has 5 rings (SSSR count). The molecule has 0 saturated heterocycles. The van der Waals surface area contributed by atoms with Crippen molar-refractivity contribution in [3.05, 3.63) is 95.2 Å². The second-order valence-electron chi connectivity index (χ2n) is 9.56. The molecule has 3 N–H and O–H groups in total. The van der Waals surface area contributed by atoms with Crippen LogP contribution >= 0.6 is 0 Å². The van der Waals surface area contributed by atoms with Crippen LogP contribution in [0, 0.1) is 13.8 Å². The third kappa shape index (κ3) is 5.92. The quantitative estimate of drug-likeness (QED) is 0.288. The molecule has 0 unspecified atom stereocenters. The maximum absolute atomic E-state index is 13.1. The largest absolute Gasteiger partial charge is 0.340 e. The molecule has 39 heavy (non-hydrogen) atoms. The molecule has 4 aromatic rings. The fourth-order valence-electron chi connectivity index (χ4n) is 4.45. The number of benzene rings is 3. The van der Waals surface area contributed by atoms with Gasteiger partial charge in [-0.25, -0.2) is 18.1 Å². The highest BCUT2D eigenvalue weighted by Crippen LogP contribution is 2.31. The predicted molar refractivity (Wildman–Crippen MR) is 153 cm³/mol. The zero-order valence-electron chi connectivity index (χ0n) is 22.0. The topological polar surface area (TPSA) is 116 Å². The van der Waals surface area contributed by atoms with E-state index in [-0.39, 0.29) is 17.3 Å². The van der Waals surface area contributed by atoms with E-state index in [1.165, 1.54) is 0 Å². The van der Waals surface area contributed by atoms with Gasteiger partial charge in [-0.2, -0.15) is 4.98 Å². The van der Waals surface area contributed by atoms with Gasteiger partial charge in [-0.1, -0.05) is 36.4 Å². The van der Waals surface area contributed by atoms with E-state index < -0.39 is 10.0 Å². The number of amides is 1. The summed E-state index contributed by atoms with van der Waals surface area (Å²) in [5, 5.41) is 6.48. The second kappa shape index (κ2) is 10.8. The number of aromatic nitrogens is 2. The highest BCUT2D eigenvalue weighted by molar-refractivity contribution is 7.89. The number of aryl methyl sites for hydroxylation is 3. The molecular weight excluding hydrogens is 512 g/mol. The zero-order valence-corrected chi connectivity index (χ0v) is 22.8. The Labute approximate surface area is 228 Å². The van der Waals surface area contributed by atoms with Gasteiger partial charge in [-0.15, -0.1) is 0 Å². The van der Waals surface area contributed by atoms with Crippen LogP contribution in [-0.4, -0.2) is 31.3 Å². The summed E-state index contributed by atoms with van der Waals surface area (Å²) in [6, 6.07) is 20.4. The molecule has 0 bridgehead atoms. The van der Waals surface area contributed by atoms with Crippen LogP contribution in [0.5, 0.6) is 0 Å². The van der Waals surface area contributed by atoms with Gasteiger partial charge in [0.15, 0.2) is 0 Å². The van der Waals surface area contributed by atoms with Gasteiger partial charge in [0.1, 0.15) is 5.82 Å². The highest BCUT2D eigenvalue weighted by atomic mass is 32.2. The van der Waals surface area contributed by atoms with Crippen LogP contribution in [0.15, 0.2) is 77.8 Å². The lowest BCUT2D eigenvalue weighted by molar-refractivity contribution is -0.118. The number of nitrogens with zero attached hydrogens (tertiary/aromatic N) is 3. The fraction of sp³-hybridized carbons (Fsp3) is 0.207. The molecule has 1 amide bonds. The van der Waals surface area contributed by atoms with Gasteiger partial charge in [0.05, 0.1) is 4.90 Å². The van der Waals surface area contributed by atoms with Crippen molar-refractivity contribution in [2.75, 3.05) is 22.6 Å². The summed E-state index contributed by atoms with van der Waals surface area (Å²) in [7, 11) is -1.95. The molecule has 0 radical (unpaired) electrons. The molecule has 0 spiro atoms. The average molecular weight is 543 g/mol. The summed E-state index contributed by atoms with van der Waals surface area (Å²) < 4.78 is 28.8. The van der Waals surface area contributed by atoms with Crippen LogP contribution in [0.4, 0.5) is 28.8 Å². The Bertz CT molecular complexity index is 1640. The zero-order chi connectivity index (χ0) is 27.6. The monoisotopic (exact) mass is 542 g/mol. The minimum Gasteiger partial charge on any atom is -0.340 e. The smallest absolute Gasteiger partial charge is 0.241 e. The van der Waals surface area contributed by atoms with Crippen molar-refractivity contribution in [1.82, 2.24) is 14.7 Å². The third-order valence-corrected chi connectivity index (χ3v) is 8.24. The molecule has 9 nitrogen and oxygen atoms in total. The summed E-state index contributed by atoms with van der Waals surface area (Å²) in [6.07, 6.45) is 2.89. The number of fused-ring (bicyclic) bond motifs is 1. The molecular formula is C29H30N6O3S. The summed E-state index contributed by atoms with van der Waals surface area (Å²) >= 11 is 0. The predicted octanol–water partition coefficient (Wildman–Crippen LogP) is 4.97. The number of rotatable bonds is 8. The maximum atomic E-state index is 13.1. The number of hydrogen-bond donors (Lipinski definition) is 3. The lowest BCUT2D eigenvalue weighted by atomic mass is 10.0. The van der Waals surface area contributed by atoms with Crippen LogP contribution in [0.2, 0.25) is 0 Å². The SMILES string of the molecule is Cc1ccc(Nc2ncc(C)c(Nc3ccc4c(c3)CCC(=O)N4C)n2)cc1S(=O)(=O)NCc1ccccc1. The molecule has 0 saturated carbocycles. The van der Waals surface area contributed by atoms with E-state index in [2.05, 4.69) is 25.3 Å². The molecule has 1 aliphatic heterocycles. The van der Waals surface area contributed by atoms with E-state index in [1.54, 1.807) is 43.3 Å². The van der Waals surface area contributed by atoms with Crippen LogP contribution < -0.4 is 20.3 Å². The van der Waals surface area contributed by atoms with Gasteiger partial charge >= 0.3 is 0 Å². The van der Waals surface area contributed by atoms with Gasteiger partial charge in [-0.3, -0.25) is 4.79 Å². The van der Waals surface area contributed by atoms with Crippen molar-refractivity contribution in [3.63, 3.8) is 0 Å². The van der Waals surface area contributed by atoms with Gasteiger partial charge in [0, 0.05) is 48.8 Å². The summed E-state index contributed by atoms with van der Waals surface area (Å²) in [4.78, 5) is 22.9. The minimum absolute atomic E-state index is 0.115. The van der Waals surface area contributed by atoms with Crippen LogP contribution in [0.3, 0.4) is 0 Å². The van der Waals surface area contributed by atoms with E-state index in [9.17, 15) is 13.2 Å². The molecule has 1 aliphatic rings. The average Bonchev–Trinajstić information content (AvgIpc) is 2.93. The molecule has 1 aromatic heterocycles. The lowest BCUT2D eigenvalue weighted by Crippen LogP contribution is -2.31. The summed E-state index contributed by atoms with van der Waals surface area (Å²) in [6.45, 7) is 3.87. The number of anilines is 5. The van der Waals surface area contributed by atoms with E-state index in [1.807, 2.05) is 55.5 Å². The normalized spacial score (nSPS) is 13.2. The van der Waals surface area contributed by atoms with E-state index >= 15 is 0 Å². The Morgan fingerprint density at radius 3 is 2.44 bits per heavy atom. The third-order valence-electron chi connectivity index (χ3n) is 6.70. The number of hydrogen-bond acceptors (Lipinski definition) is 7. The summed E-state index contributed by atoms with van der Waals surface area (Å²) in [5.41, 5.74) is 5.79. The van der Waals surface area contributed by atoms with Crippen molar-refractivity contribution < 1.29 is 13.2 Å². The van der Waals surface area contributed by atoms with Crippen molar-refractivity contribution in [3.8, 4) is 0 Å². The van der Waals surface area contributed by atoms with Gasteiger partial charge < -0.3 is 15.5 Å². The van der Waals surface area contributed by atoms with Gasteiger partial charge in [-0.05, 0) is 67.3 Å². The van der Waals surface area contributed by atoms with E-state index in [0.717, 1.165) is 28.1 Å². The van der Waals surface area contributed by atoms with Gasteiger partial charge in [0.25, 0.3) is 0 Å².